The first-order valence-corrected chi connectivity index (χ1v) is 12.1. The van der Waals surface area contributed by atoms with Crippen molar-refractivity contribution in [3.63, 3.8) is 0 Å². The Hall–Kier alpha value is -2.84. The molecule has 186 valence electrons. The molecule has 0 aliphatic carbocycles. The van der Waals surface area contributed by atoms with E-state index in [2.05, 4.69) is 34.1 Å². The summed E-state index contributed by atoms with van der Waals surface area (Å²) < 4.78 is 53.4. The van der Waals surface area contributed by atoms with Gasteiger partial charge in [0.2, 0.25) is 5.82 Å². The summed E-state index contributed by atoms with van der Waals surface area (Å²) >= 11 is 0. The second-order valence-corrected chi connectivity index (χ2v) is 9.56. The molecule has 5 nitrogen and oxygen atoms in total. The van der Waals surface area contributed by atoms with E-state index in [0.717, 1.165) is 55.4 Å². The Morgan fingerprint density at radius 2 is 2.00 bits per heavy atom. The van der Waals surface area contributed by atoms with Crippen molar-refractivity contribution in [3.05, 3.63) is 77.9 Å². The van der Waals surface area contributed by atoms with Crippen LogP contribution in [0.25, 0.3) is 5.69 Å². The third kappa shape index (κ3) is 5.09. The molecule has 0 radical (unpaired) electrons. The number of ether oxygens (including phenoxy) is 2. The number of hydrogen-bond donors (Lipinski definition) is 0. The van der Waals surface area contributed by atoms with Crippen LogP contribution in [0.4, 0.5) is 13.2 Å². The smallest absolute Gasteiger partial charge is 0.450 e. The molecule has 1 spiro atoms. The van der Waals surface area contributed by atoms with Crippen LogP contribution in [0.2, 0.25) is 0 Å². The van der Waals surface area contributed by atoms with Crippen LogP contribution >= 0.6 is 0 Å². The van der Waals surface area contributed by atoms with Gasteiger partial charge in [0.1, 0.15) is 5.75 Å². The normalized spacial score (nSPS) is 23.1. The lowest BCUT2D eigenvalue weighted by atomic mass is 9.83. The number of likely N-dealkylation sites (tertiary alicyclic amines) is 1. The third-order valence-corrected chi connectivity index (χ3v) is 7.21. The van der Waals surface area contributed by atoms with Gasteiger partial charge in [0, 0.05) is 42.7 Å². The molecule has 3 aromatic rings. The fraction of sp³-hybridized carbons (Fsp3) is 0.444. The van der Waals surface area contributed by atoms with E-state index in [0.29, 0.717) is 18.0 Å². The highest BCUT2D eigenvalue weighted by molar-refractivity contribution is 5.47. The number of alkyl halides is 3. The van der Waals surface area contributed by atoms with E-state index in [4.69, 9.17) is 9.47 Å². The van der Waals surface area contributed by atoms with Crippen LogP contribution in [0.3, 0.4) is 0 Å². The van der Waals surface area contributed by atoms with Crippen molar-refractivity contribution in [2.24, 2.45) is 0 Å². The summed E-state index contributed by atoms with van der Waals surface area (Å²) in [6, 6.07) is 15.7. The highest BCUT2D eigenvalue weighted by Gasteiger charge is 2.44. The summed E-state index contributed by atoms with van der Waals surface area (Å²) in [6.45, 7) is 3.45. The summed E-state index contributed by atoms with van der Waals surface area (Å²) in [4.78, 5) is 6.01. The monoisotopic (exact) mass is 485 g/mol. The minimum atomic E-state index is -4.53. The molecular weight excluding hydrogens is 455 g/mol. The predicted molar refractivity (Wildman–Crippen MR) is 127 cm³/mol. The molecule has 2 saturated heterocycles. The number of piperidine rings is 1. The largest absolute Gasteiger partial charge is 0.496 e. The van der Waals surface area contributed by atoms with Crippen LogP contribution in [-0.4, -0.2) is 53.4 Å². The van der Waals surface area contributed by atoms with Crippen LogP contribution in [0.1, 0.15) is 42.1 Å². The summed E-state index contributed by atoms with van der Waals surface area (Å²) in [6.07, 6.45) is 1.87. The van der Waals surface area contributed by atoms with E-state index in [1.807, 2.05) is 6.07 Å². The topological polar surface area (TPSA) is 39.5 Å². The number of methoxy groups -OCH3 is 1. The Morgan fingerprint density at radius 3 is 2.77 bits per heavy atom. The second-order valence-electron chi connectivity index (χ2n) is 9.56. The molecule has 2 aromatic carbocycles. The van der Waals surface area contributed by atoms with Crippen molar-refractivity contribution >= 4 is 0 Å². The summed E-state index contributed by atoms with van der Waals surface area (Å²) in [5.74, 6) is -0.212. The van der Waals surface area contributed by atoms with Gasteiger partial charge in [-0.3, -0.25) is 4.57 Å². The van der Waals surface area contributed by atoms with Gasteiger partial charge in [-0.2, -0.15) is 13.2 Å². The van der Waals surface area contributed by atoms with E-state index in [9.17, 15) is 13.2 Å². The molecule has 2 aliphatic rings. The number of rotatable bonds is 6. The van der Waals surface area contributed by atoms with E-state index in [-0.39, 0.29) is 11.5 Å². The number of nitrogens with zero attached hydrogens (tertiary/aromatic N) is 3. The standard InChI is InChI=1S/C27H30F3N3O2/c1-34-24-9-8-22(33-15-12-31-25(33)27(28,29)30)16-23(24)21-17-26(35-18-21)11-5-13-32(19-26)14-10-20-6-3-2-4-7-20/h2-4,6-9,12,15-16,21H,5,10-11,13-14,17-19H2,1H3/t21-,26+/m0/s1. The Balaban J connectivity index is 1.33. The molecule has 2 atom stereocenters. The number of imidazole rings is 1. The first-order valence-electron chi connectivity index (χ1n) is 12.1. The number of benzene rings is 2. The molecule has 0 unspecified atom stereocenters. The molecular formula is C27H30F3N3O2. The first-order chi connectivity index (χ1) is 16.9. The fourth-order valence-electron chi connectivity index (χ4n) is 5.55. The van der Waals surface area contributed by atoms with Crippen LogP contribution in [0.15, 0.2) is 60.9 Å². The zero-order valence-corrected chi connectivity index (χ0v) is 19.8. The highest BCUT2D eigenvalue weighted by atomic mass is 19.4. The van der Waals surface area contributed by atoms with Gasteiger partial charge in [0.15, 0.2) is 0 Å². The van der Waals surface area contributed by atoms with Gasteiger partial charge in [0.25, 0.3) is 0 Å². The van der Waals surface area contributed by atoms with Gasteiger partial charge in [-0.05, 0) is 56.0 Å². The maximum Gasteiger partial charge on any atom is 0.450 e. The zero-order valence-electron chi connectivity index (χ0n) is 19.8. The molecule has 3 heterocycles. The molecule has 1 aromatic heterocycles. The highest BCUT2D eigenvalue weighted by Crippen LogP contribution is 2.44. The molecule has 2 fully saturated rings. The fourth-order valence-corrected chi connectivity index (χ4v) is 5.55. The van der Waals surface area contributed by atoms with Crippen LogP contribution in [-0.2, 0) is 17.3 Å². The zero-order chi connectivity index (χ0) is 24.5. The average Bonchev–Trinajstić information content (AvgIpc) is 3.51. The third-order valence-electron chi connectivity index (χ3n) is 7.21. The van der Waals surface area contributed by atoms with Crippen LogP contribution < -0.4 is 4.74 Å². The van der Waals surface area contributed by atoms with E-state index < -0.39 is 12.0 Å². The molecule has 0 amide bonds. The first kappa shape index (κ1) is 23.9. The number of aromatic nitrogens is 2. The number of halogens is 3. The summed E-state index contributed by atoms with van der Waals surface area (Å²) in [5.41, 5.74) is 2.40. The lowest BCUT2D eigenvalue weighted by Gasteiger charge is -2.40. The predicted octanol–water partition coefficient (Wildman–Crippen LogP) is 5.48. The Labute approximate surface area is 203 Å². The van der Waals surface area contributed by atoms with Gasteiger partial charge in [-0.15, -0.1) is 0 Å². The van der Waals surface area contributed by atoms with Crippen molar-refractivity contribution < 1.29 is 22.6 Å². The maximum atomic E-state index is 13.4. The van der Waals surface area contributed by atoms with Gasteiger partial charge in [0.05, 0.1) is 19.3 Å². The Kier molecular flexibility index (Phi) is 6.59. The molecule has 0 bridgehead atoms. The number of hydrogen-bond acceptors (Lipinski definition) is 4. The van der Waals surface area contributed by atoms with Gasteiger partial charge in [-0.25, -0.2) is 4.98 Å². The molecule has 35 heavy (non-hydrogen) atoms. The minimum Gasteiger partial charge on any atom is -0.496 e. The average molecular weight is 486 g/mol. The van der Waals surface area contributed by atoms with Gasteiger partial charge in [-0.1, -0.05) is 30.3 Å². The van der Waals surface area contributed by atoms with Crippen molar-refractivity contribution in [1.29, 1.82) is 0 Å². The minimum absolute atomic E-state index is 0.0526. The molecule has 5 rings (SSSR count). The molecule has 8 heteroatoms. The van der Waals surface area contributed by atoms with Crippen molar-refractivity contribution in [3.8, 4) is 11.4 Å². The van der Waals surface area contributed by atoms with Gasteiger partial charge < -0.3 is 14.4 Å². The second kappa shape index (κ2) is 9.66. The van der Waals surface area contributed by atoms with Crippen molar-refractivity contribution in [1.82, 2.24) is 14.5 Å². The SMILES string of the molecule is COc1ccc(-n2ccnc2C(F)(F)F)cc1[C@@H]1CO[C@]2(CCCN(CCc3ccccc3)C2)C1. The van der Waals surface area contributed by atoms with Crippen LogP contribution in [0.5, 0.6) is 5.75 Å². The molecule has 0 saturated carbocycles. The van der Waals surface area contributed by atoms with Crippen molar-refractivity contribution in [2.75, 3.05) is 33.4 Å². The van der Waals surface area contributed by atoms with Gasteiger partial charge >= 0.3 is 6.18 Å². The summed E-state index contributed by atoms with van der Waals surface area (Å²) in [5, 5.41) is 0. The van der Waals surface area contributed by atoms with E-state index in [1.54, 1.807) is 25.3 Å². The Bertz CT molecular complexity index is 1150. The molecule has 2 aliphatic heterocycles. The quantitative estimate of drug-likeness (QED) is 0.464. The Morgan fingerprint density at radius 1 is 1.17 bits per heavy atom. The van der Waals surface area contributed by atoms with Crippen molar-refractivity contribution in [2.45, 2.75) is 43.4 Å². The van der Waals surface area contributed by atoms with E-state index in [1.165, 1.54) is 18.0 Å². The summed E-state index contributed by atoms with van der Waals surface area (Å²) in [7, 11) is 1.59. The molecule has 0 N–H and O–H groups in total. The maximum absolute atomic E-state index is 13.4. The van der Waals surface area contributed by atoms with E-state index >= 15 is 0 Å². The lowest BCUT2D eigenvalue weighted by Crippen LogP contribution is -2.48. The lowest BCUT2D eigenvalue weighted by molar-refractivity contribution is -0.145. The van der Waals surface area contributed by atoms with Crippen LogP contribution in [0, 0.1) is 0 Å².